The minimum atomic E-state index is -1.04. The van der Waals surface area contributed by atoms with Crippen LogP contribution in [0.3, 0.4) is 0 Å². The maximum absolute atomic E-state index is 11.6. The molecule has 0 saturated carbocycles. The molecule has 1 aliphatic heterocycles. The Bertz CT molecular complexity index is 476. The molecule has 2 amide bonds. The van der Waals surface area contributed by atoms with E-state index < -0.39 is 5.97 Å². The van der Waals surface area contributed by atoms with Crippen molar-refractivity contribution in [3.05, 3.63) is 28.8 Å². The van der Waals surface area contributed by atoms with Crippen LogP contribution in [0, 0.1) is 0 Å². The van der Waals surface area contributed by atoms with Gasteiger partial charge in [-0.15, -0.1) is 0 Å². The SMILES string of the molecule is O=C(O)c1ccc(Cl)c(N2CCCNC2=O)c1. The number of urea groups is 1. The van der Waals surface area contributed by atoms with Gasteiger partial charge in [-0.2, -0.15) is 0 Å². The Labute approximate surface area is 103 Å². The number of nitrogens with zero attached hydrogens (tertiary/aromatic N) is 1. The smallest absolute Gasteiger partial charge is 0.335 e. The fraction of sp³-hybridized carbons (Fsp3) is 0.273. The van der Waals surface area contributed by atoms with Gasteiger partial charge in [0.1, 0.15) is 0 Å². The van der Waals surface area contributed by atoms with Crippen LogP contribution in [0.15, 0.2) is 18.2 Å². The molecule has 90 valence electrons. The Morgan fingerprint density at radius 3 is 2.88 bits per heavy atom. The molecule has 5 nitrogen and oxygen atoms in total. The van der Waals surface area contributed by atoms with Crippen LogP contribution >= 0.6 is 11.6 Å². The van der Waals surface area contributed by atoms with Crippen molar-refractivity contribution < 1.29 is 14.7 Å². The van der Waals surface area contributed by atoms with Crippen LogP contribution in [-0.2, 0) is 0 Å². The van der Waals surface area contributed by atoms with E-state index in [2.05, 4.69) is 5.32 Å². The number of halogens is 1. The average molecular weight is 255 g/mol. The molecule has 0 aliphatic carbocycles. The van der Waals surface area contributed by atoms with Crippen molar-refractivity contribution in [1.29, 1.82) is 0 Å². The molecule has 1 aromatic rings. The maximum Gasteiger partial charge on any atom is 0.335 e. The van der Waals surface area contributed by atoms with Gasteiger partial charge in [-0.25, -0.2) is 9.59 Å². The third kappa shape index (κ3) is 2.34. The Kier molecular flexibility index (Phi) is 3.19. The van der Waals surface area contributed by atoms with Crippen LogP contribution in [0.4, 0.5) is 10.5 Å². The lowest BCUT2D eigenvalue weighted by Gasteiger charge is -2.28. The highest BCUT2D eigenvalue weighted by molar-refractivity contribution is 6.34. The van der Waals surface area contributed by atoms with Crippen molar-refractivity contribution in [2.24, 2.45) is 0 Å². The van der Waals surface area contributed by atoms with Crippen molar-refractivity contribution in [3.8, 4) is 0 Å². The number of amides is 2. The summed E-state index contributed by atoms with van der Waals surface area (Å²) in [7, 11) is 0. The van der Waals surface area contributed by atoms with Gasteiger partial charge >= 0.3 is 12.0 Å². The summed E-state index contributed by atoms with van der Waals surface area (Å²) in [6.45, 7) is 1.17. The Balaban J connectivity index is 2.39. The molecule has 17 heavy (non-hydrogen) atoms. The second-order valence-electron chi connectivity index (χ2n) is 3.71. The van der Waals surface area contributed by atoms with Gasteiger partial charge in [0.25, 0.3) is 0 Å². The molecule has 1 fully saturated rings. The minimum absolute atomic E-state index is 0.114. The molecule has 0 atom stereocenters. The van der Waals surface area contributed by atoms with E-state index in [-0.39, 0.29) is 11.6 Å². The largest absolute Gasteiger partial charge is 0.478 e. The Morgan fingerprint density at radius 1 is 1.47 bits per heavy atom. The van der Waals surface area contributed by atoms with E-state index in [4.69, 9.17) is 16.7 Å². The lowest BCUT2D eigenvalue weighted by molar-refractivity contribution is 0.0697. The zero-order chi connectivity index (χ0) is 12.4. The third-order valence-corrected chi connectivity index (χ3v) is 2.88. The average Bonchev–Trinajstić information content (AvgIpc) is 2.30. The van der Waals surface area contributed by atoms with Crippen molar-refractivity contribution in [3.63, 3.8) is 0 Å². The summed E-state index contributed by atoms with van der Waals surface area (Å²) in [5.41, 5.74) is 0.548. The molecule has 6 heteroatoms. The predicted molar refractivity (Wildman–Crippen MR) is 63.8 cm³/mol. The van der Waals surface area contributed by atoms with Crippen molar-refractivity contribution in [2.75, 3.05) is 18.0 Å². The zero-order valence-electron chi connectivity index (χ0n) is 8.94. The minimum Gasteiger partial charge on any atom is -0.478 e. The molecule has 0 bridgehead atoms. The van der Waals surface area contributed by atoms with Gasteiger partial charge in [0.15, 0.2) is 0 Å². The number of carboxylic acid groups (broad SMARTS) is 1. The van der Waals surface area contributed by atoms with Gasteiger partial charge in [0, 0.05) is 13.1 Å². The summed E-state index contributed by atoms with van der Waals surface area (Å²) in [6, 6.07) is 4.06. The Morgan fingerprint density at radius 2 is 2.24 bits per heavy atom. The normalized spacial score (nSPS) is 15.6. The molecule has 0 aromatic heterocycles. The van der Waals surface area contributed by atoms with Gasteiger partial charge in [0.05, 0.1) is 16.3 Å². The van der Waals surface area contributed by atoms with Crippen molar-refractivity contribution >= 4 is 29.3 Å². The molecule has 0 radical (unpaired) electrons. The van der Waals surface area contributed by atoms with E-state index in [0.29, 0.717) is 23.8 Å². The van der Waals surface area contributed by atoms with Crippen LogP contribution in [0.5, 0.6) is 0 Å². The van der Waals surface area contributed by atoms with Crippen molar-refractivity contribution in [1.82, 2.24) is 5.32 Å². The molecule has 2 N–H and O–H groups in total. The zero-order valence-corrected chi connectivity index (χ0v) is 9.70. The first-order valence-electron chi connectivity index (χ1n) is 5.18. The number of benzene rings is 1. The van der Waals surface area contributed by atoms with Crippen LogP contribution in [0.1, 0.15) is 16.8 Å². The monoisotopic (exact) mass is 254 g/mol. The maximum atomic E-state index is 11.6. The van der Waals surface area contributed by atoms with Crippen molar-refractivity contribution in [2.45, 2.75) is 6.42 Å². The summed E-state index contributed by atoms with van der Waals surface area (Å²) < 4.78 is 0. The van der Waals surface area contributed by atoms with E-state index >= 15 is 0 Å². The van der Waals surface area contributed by atoms with Gasteiger partial charge in [0.2, 0.25) is 0 Å². The molecular formula is C11H11ClN2O3. The lowest BCUT2D eigenvalue weighted by atomic mass is 10.1. The fourth-order valence-corrected chi connectivity index (χ4v) is 1.93. The molecule has 0 unspecified atom stereocenters. The highest BCUT2D eigenvalue weighted by Crippen LogP contribution is 2.28. The van der Waals surface area contributed by atoms with E-state index in [1.807, 2.05) is 0 Å². The first-order chi connectivity index (χ1) is 8.09. The first kappa shape index (κ1) is 11.7. The molecule has 1 heterocycles. The van der Waals surface area contributed by atoms with E-state index in [0.717, 1.165) is 6.42 Å². The van der Waals surface area contributed by atoms with E-state index in [9.17, 15) is 9.59 Å². The molecule has 1 saturated heterocycles. The van der Waals surface area contributed by atoms with E-state index in [1.54, 1.807) is 0 Å². The topological polar surface area (TPSA) is 69.6 Å². The number of nitrogens with one attached hydrogen (secondary N) is 1. The lowest BCUT2D eigenvalue weighted by Crippen LogP contribution is -2.46. The van der Waals surface area contributed by atoms with Gasteiger partial charge in [-0.1, -0.05) is 11.6 Å². The number of carboxylic acids is 1. The number of carbonyl (C=O) groups is 2. The van der Waals surface area contributed by atoms with Crippen LogP contribution in [0.2, 0.25) is 5.02 Å². The second-order valence-corrected chi connectivity index (χ2v) is 4.12. The molecule has 1 aliphatic rings. The number of carbonyl (C=O) groups excluding carboxylic acids is 1. The Hall–Kier alpha value is -1.75. The molecule has 1 aromatic carbocycles. The number of hydrogen-bond acceptors (Lipinski definition) is 2. The van der Waals surface area contributed by atoms with Crippen LogP contribution in [-0.4, -0.2) is 30.2 Å². The number of anilines is 1. The van der Waals surface area contributed by atoms with Gasteiger partial charge < -0.3 is 10.4 Å². The summed E-state index contributed by atoms with van der Waals surface area (Å²) in [6.07, 6.45) is 0.805. The summed E-state index contributed by atoms with van der Waals surface area (Å²) >= 11 is 5.98. The third-order valence-electron chi connectivity index (χ3n) is 2.56. The van der Waals surface area contributed by atoms with Crippen LogP contribution < -0.4 is 10.2 Å². The highest BCUT2D eigenvalue weighted by atomic mass is 35.5. The standard InChI is InChI=1S/C11H11ClN2O3/c12-8-3-2-7(10(15)16)6-9(8)14-5-1-4-13-11(14)17/h2-3,6H,1,4-5H2,(H,13,17)(H,15,16). The molecule has 2 rings (SSSR count). The summed E-state index contributed by atoms with van der Waals surface area (Å²) in [5, 5.41) is 12.0. The van der Waals surface area contributed by atoms with Crippen LogP contribution in [0.25, 0.3) is 0 Å². The van der Waals surface area contributed by atoms with Gasteiger partial charge in [-0.3, -0.25) is 4.90 Å². The molecular weight excluding hydrogens is 244 g/mol. The fourth-order valence-electron chi connectivity index (χ4n) is 1.71. The van der Waals surface area contributed by atoms with E-state index in [1.165, 1.54) is 23.1 Å². The highest BCUT2D eigenvalue weighted by Gasteiger charge is 2.22. The number of aromatic carboxylic acids is 1. The predicted octanol–water partition coefficient (Wildman–Crippen LogP) is 1.96. The summed E-state index contributed by atoms with van der Waals surface area (Å²) in [4.78, 5) is 24.0. The van der Waals surface area contributed by atoms with Gasteiger partial charge in [-0.05, 0) is 24.6 Å². The summed E-state index contributed by atoms with van der Waals surface area (Å²) in [5.74, 6) is -1.04. The first-order valence-corrected chi connectivity index (χ1v) is 5.55. The molecule has 0 spiro atoms. The number of hydrogen-bond donors (Lipinski definition) is 2. The number of rotatable bonds is 2. The second kappa shape index (κ2) is 4.63. The quantitative estimate of drug-likeness (QED) is 0.848.